The first kappa shape index (κ1) is 21.1. The molecule has 1 amide bonds. The Balaban J connectivity index is 1.99. The van der Waals surface area contributed by atoms with Gasteiger partial charge in [0.15, 0.2) is 0 Å². The maximum absolute atomic E-state index is 13.5. The molecule has 7 nitrogen and oxygen atoms in total. The summed E-state index contributed by atoms with van der Waals surface area (Å²) in [5.41, 5.74) is 1.36. The van der Waals surface area contributed by atoms with E-state index in [-0.39, 0.29) is 10.8 Å². The molecule has 2 saturated heterocycles. The van der Waals surface area contributed by atoms with E-state index in [1.165, 1.54) is 18.4 Å². The number of hydrogen-bond donors (Lipinski definition) is 0. The van der Waals surface area contributed by atoms with Gasteiger partial charge in [0.25, 0.3) is 5.91 Å². The van der Waals surface area contributed by atoms with Crippen LogP contribution in [0.4, 0.5) is 5.69 Å². The number of sulfonamides is 1. The molecule has 0 N–H and O–H groups in total. The van der Waals surface area contributed by atoms with Gasteiger partial charge in [0.1, 0.15) is 0 Å². The Morgan fingerprint density at radius 1 is 1.04 bits per heavy atom. The summed E-state index contributed by atoms with van der Waals surface area (Å²) in [7, 11) is 3.51. The van der Waals surface area contributed by atoms with Crippen molar-refractivity contribution in [2.45, 2.75) is 36.6 Å². The fourth-order valence-corrected chi connectivity index (χ4v) is 4.95. The van der Waals surface area contributed by atoms with E-state index in [2.05, 4.69) is 9.80 Å². The molecule has 2 aliphatic rings. The lowest BCUT2D eigenvalue weighted by Gasteiger charge is -2.36. The number of carbonyl (C=O) groups excluding carboxylic acids is 1. The molecule has 0 radical (unpaired) electrons. The van der Waals surface area contributed by atoms with Crippen molar-refractivity contribution < 1.29 is 13.2 Å². The Hall–Kier alpha value is -1.64. The minimum Gasteiger partial charge on any atom is -0.371 e. The van der Waals surface area contributed by atoms with Crippen molar-refractivity contribution in [3.8, 4) is 0 Å². The average Bonchev–Trinajstić information content (AvgIpc) is 3.21. The molecule has 3 rings (SSSR count). The number of nitrogens with zero attached hydrogens (tertiary/aromatic N) is 4. The number of amides is 1. The number of carbonyl (C=O) groups is 1. The van der Waals surface area contributed by atoms with Crippen LogP contribution in [0.5, 0.6) is 0 Å². The van der Waals surface area contributed by atoms with E-state index in [4.69, 9.17) is 0 Å². The van der Waals surface area contributed by atoms with E-state index in [9.17, 15) is 13.2 Å². The Bertz CT molecular complexity index is 817. The van der Waals surface area contributed by atoms with Gasteiger partial charge in [-0.2, -0.15) is 0 Å². The third kappa shape index (κ3) is 4.18. The summed E-state index contributed by atoms with van der Waals surface area (Å²) in [5.74, 6) is -0.0655. The molecule has 2 aliphatic heterocycles. The van der Waals surface area contributed by atoms with Crippen LogP contribution >= 0.6 is 0 Å². The number of anilines is 1. The summed E-state index contributed by atoms with van der Waals surface area (Å²) in [5, 5.41) is 0. The summed E-state index contributed by atoms with van der Waals surface area (Å²) in [6, 6.07) is 5.34. The molecule has 0 aliphatic carbocycles. The molecular formula is C20H32N4O3S. The highest BCUT2D eigenvalue weighted by Gasteiger charge is 2.30. The lowest BCUT2D eigenvalue weighted by atomic mass is 10.0. The molecule has 2 heterocycles. The predicted octanol–water partition coefficient (Wildman–Crippen LogP) is 1.70. The number of likely N-dealkylation sites (tertiary alicyclic amines) is 1. The monoisotopic (exact) mass is 408 g/mol. The highest BCUT2D eigenvalue weighted by atomic mass is 32.2. The smallest absolute Gasteiger partial charge is 0.256 e. The predicted molar refractivity (Wildman–Crippen MR) is 111 cm³/mol. The first-order valence-electron chi connectivity index (χ1n) is 9.99. The zero-order valence-electron chi connectivity index (χ0n) is 17.4. The zero-order chi connectivity index (χ0) is 20.5. The van der Waals surface area contributed by atoms with Gasteiger partial charge < -0.3 is 14.7 Å². The van der Waals surface area contributed by atoms with Gasteiger partial charge in [-0.05, 0) is 58.0 Å². The zero-order valence-corrected chi connectivity index (χ0v) is 18.2. The second kappa shape index (κ2) is 8.39. The van der Waals surface area contributed by atoms with Gasteiger partial charge in [0.05, 0.1) is 10.5 Å². The minimum absolute atomic E-state index is 0.0655. The van der Waals surface area contributed by atoms with Crippen molar-refractivity contribution in [3.63, 3.8) is 0 Å². The topological polar surface area (TPSA) is 64.2 Å². The Morgan fingerprint density at radius 3 is 2.32 bits per heavy atom. The van der Waals surface area contributed by atoms with Crippen molar-refractivity contribution in [1.82, 2.24) is 14.1 Å². The van der Waals surface area contributed by atoms with Crippen molar-refractivity contribution in [1.29, 1.82) is 0 Å². The van der Waals surface area contributed by atoms with E-state index in [0.29, 0.717) is 24.7 Å². The fraction of sp³-hybridized carbons (Fsp3) is 0.650. The van der Waals surface area contributed by atoms with Crippen molar-refractivity contribution in [2.24, 2.45) is 0 Å². The van der Waals surface area contributed by atoms with E-state index < -0.39 is 10.0 Å². The maximum Gasteiger partial charge on any atom is 0.256 e. The molecule has 0 saturated carbocycles. The quantitative estimate of drug-likeness (QED) is 0.742. The van der Waals surface area contributed by atoms with Crippen LogP contribution in [0.25, 0.3) is 0 Å². The van der Waals surface area contributed by atoms with Gasteiger partial charge >= 0.3 is 0 Å². The number of benzene rings is 1. The molecule has 0 bridgehead atoms. The standard InChI is InChI=1S/C20H32N4O3S/c1-21(2)16-8-7-13-24(15-16)20(25)18-14-17(28(26,27)22(3)4)9-10-19(18)23-11-5-6-12-23/h9-10,14,16H,5-8,11-13,15H2,1-4H3. The molecule has 1 aromatic carbocycles. The molecule has 8 heteroatoms. The van der Waals surface area contributed by atoms with Crippen LogP contribution in [0.1, 0.15) is 36.0 Å². The molecule has 2 fully saturated rings. The van der Waals surface area contributed by atoms with Crippen molar-refractivity contribution in [2.75, 3.05) is 59.3 Å². The molecule has 1 unspecified atom stereocenters. The summed E-state index contributed by atoms with van der Waals surface area (Å²) < 4.78 is 26.5. The molecule has 1 atom stereocenters. The van der Waals surface area contributed by atoms with Crippen LogP contribution in [-0.4, -0.2) is 88.8 Å². The number of likely N-dealkylation sites (N-methyl/N-ethyl adjacent to an activating group) is 1. The summed E-state index contributed by atoms with van der Waals surface area (Å²) in [6.45, 7) is 3.20. The third-order valence-electron chi connectivity index (χ3n) is 5.84. The first-order valence-corrected chi connectivity index (χ1v) is 11.4. The normalized spacial score (nSPS) is 21.0. The maximum atomic E-state index is 13.5. The molecule has 0 aromatic heterocycles. The van der Waals surface area contributed by atoms with E-state index in [1.54, 1.807) is 12.1 Å². The van der Waals surface area contributed by atoms with Crippen LogP contribution < -0.4 is 4.90 Å². The largest absolute Gasteiger partial charge is 0.371 e. The van der Waals surface area contributed by atoms with Gasteiger partial charge in [-0.15, -0.1) is 0 Å². The van der Waals surface area contributed by atoms with Crippen LogP contribution in [-0.2, 0) is 10.0 Å². The minimum atomic E-state index is -3.59. The molecular weight excluding hydrogens is 376 g/mol. The van der Waals surface area contributed by atoms with E-state index in [1.807, 2.05) is 25.1 Å². The van der Waals surface area contributed by atoms with Crippen LogP contribution in [0.2, 0.25) is 0 Å². The number of rotatable bonds is 5. The van der Waals surface area contributed by atoms with Gasteiger partial charge in [0.2, 0.25) is 10.0 Å². The second-order valence-electron chi connectivity index (χ2n) is 8.17. The lowest BCUT2D eigenvalue weighted by molar-refractivity contribution is 0.0635. The molecule has 0 spiro atoms. The molecule has 156 valence electrons. The summed E-state index contributed by atoms with van der Waals surface area (Å²) in [6.07, 6.45) is 4.23. The lowest BCUT2D eigenvalue weighted by Crippen LogP contribution is -2.47. The van der Waals surface area contributed by atoms with Crippen LogP contribution in [0, 0.1) is 0 Å². The summed E-state index contributed by atoms with van der Waals surface area (Å²) >= 11 is 0. The van der Waals surface area contributed by atoms with E-state index in [0.717, 1.165) is 44.5 Å². The SMILES string of the molecule is CN(C)C1CCCN(C(=O)c2cc(S(=O)(=O)N(C)C)ccc2N2CCCC2)C1. The van der Waals surface area contributed by atoms with Gasteiger partial charge in [-0.3, -0.25) is 4.79 Å². The van der Waals surface area contributed by atoms with E-state index >= 15 is 0 Å². The Labute approximate surface area is 168 Å². The van der Waals surface area contributed by atoms with Crippen molar-refractivity contribution in [3.05, 3.63) is 23.8 Å². The Kier molecular flexibility index (Phi) is 6.31. The second-order valence-corrected chi connectivity index (χ2v) is 10.3. The number of hydrogen-bond acceptors (Lipinski definition) is 5. The number of piperidine rings is 1. The molecule has 28 heavy (non-hydrogen) atoms. The highest BCUT2D eigenvalue weighted by molar-refractivity contribution is 7.89. The summed E-state index contributed by atoms with van der Waals surface area (Å²) in [4.78, 5) is 19.9. The van der Waals surface area contributed by atoms with Gasteiger partial charge in [-0.1, -0.05) is 0 Å². The third-order valence-corrected chi connectivity index (χ3v) is 7.65. The van der Waals surface area contributed by atoms with Crippen LogP contribution in [0.3, 0.4) is 0 Å². The first-order chi connectivity index (χ1) is 13.2. The average molecular weight is 409 g/mol. The highest BCUT2D eigenvalue weighted by Crippen LogP contribution is 2.30. The van der Waals surface area contributed by atoms with Gasteiger partial charge in [0, 0.05) is 52.0 Å². The Morgan fingerprint density at radius 2 is 1.71 bits per heavy atom. The van der Waals surface area contributed by atoms with Crippen LogP contribution in [0.15, 0.2) is 23.1 Å². The fourth-order valence-electron chi connectivity index (χ4n) is 4.02. The molecule has 1 aromatic rings. The van der Waals surface area contributed by atoms with Crippen molar-refractivity contribution >= 4 is 21.6 Å². The van der Waals surface area contributed by atoms with Gasteiger partial charge in [-0.25, -0.2) is 12.7 Å².